The number of hydrogen-bond donors (Lipinski definition) is 1. The summed E-state index contributed by atoms with van der Waals surface area (Å²) >= 11 is 12.0. The van der Waals surface area contributed by atoms with E-state index in [0.29, 0.717) is 17.9 Å². The van der Waals surface area contributed by atoms with Crippen LogP contribution in [0.1, 0.15) is 28.7 Å². The maximum Gasteiger partial charge on any atom is 0.400 e. The Morgan fingerprint density at radius 2 is 1.73 bits per heavy atom. The van der Waals surface area contributed by atoms with Crippen molar-refractivity contribution in [2.24, 2.45) is 4.99 Å². The second kappa shape index (κ2) is 7.38. The topological polar surface area (TPSA) is 33.6 Å². The Morgan fingerprint density at radius 3 is 2.33 bits per heavy atom. The summed E-state index contributed by atoms with van der Waals surface area (Å²) in [6, 6.07) is 9.83. The largest absolute Gasteiger partial charge is 0.400 e. The lowest BCUT2D eigenvalue weighted by Gasteiger charge is -2.39. The van der Waals surface area contributed by atoms with Gasteiger partial charge in [0.25, 0.3) is 0 Å². The van der Waals surface area contributed by atoms with Crippen LogP contribution in [0.3, 0.4) is 0 Å². The van der Waals surface area contributed by atoms with Crippen molar-refractivity contribution in [3.8, 4) is 0 Å². The molecule has 3 heterocycles. The fourth-order valence-corrected chi connectivity index (χ4v) is 5.00. The van der Waals surface area contributed by atoms with Crippen molar-refractivity contribution in [3.05, 3.63) is 68.7 Å². The van der Waals surface area contributed by atoms with E-state index in [1.165, 1.54) is 18.2 Å². The first-order chi connectivity index (χ1) is 13.7. The number of fused-ring (bicyclic) bond motifs is 2. The van der Waals surface area contributed by atoms with Gasteiger partial charge in [-0.1, -0.05) is 35.3 Å². The number of benzene rings is 2. The van der Waals surface area contributed by atoms with Gasteiger partial charge in [-0.2, -0.15) is 13.2 Å². The van der Waals surface area contributed by atoms with Crippen LogP contribution in [-0.2, 0) is 22.4 Å². The Balaban J connectivity index is 0.00000218. The molecule has 0 amide bonds. The number of hydrogen-bond acceptors (Lipinski definition) is 3. The summed E-state index contributed by atoms with van der Waals surface area (Å²) in [5, 5.41) is 3.57. The Labute approximate surface area is 188 Å². The van der Waals surface area contributed by atoms with Gasteiger partial charge >= 0.3 is 6.18 Å². The zero-order valence-corrected chi connectivity index (χ0v) is 18.0. The van der Waals surface area contributed by atoms with Gasteiger partial charge in [0.05, 0.1) is 13.2 Å². The van der Waals surface area contributed by atoms with Crippen LogP contribution in [0.25, 0.3) is 0 Å². The minimum Gasteiger partial charge on any atom is -0.363 e. The van der Waals surface area contributed by atoms with Crippen LogP contribution in [0.5, 0.6) is 0 Å². The Hall–Kier alpha value is -1.31. The molecule has 1 atom stereocenters. The highest BCUT2D eigenvalue weighted by atomic mass is 35.5. The van der Waals surface area contributed by atoms with Gasteiger partial charge in [-0.3, -0.25) is 4.99 Å². The summed E-state index contributed by atoms with van der Waals surface area (Å²) in [4.78, 5) is 4.32. The van der Waals surface area contributed by atoms with Crippen molar-refractivity contribution in [1.29, 1.82) is 0 Å². The van der Waals surface area contributed by atoms with Gasteiger partial charge in [0.1, 0.15) is 11.0 Å². The second-order valence-electron chi connectivity index (χ2n) is 7.94. The van der Waals surface area contributed by atoms with Gasteiger partial charge < -0.3 is 10.1 Å². The number of nitrogens with zero attached hydrogens (tertiary/aromatic N) is 1. The summed E-state index contributed by atoms with van der Waals surface area (Å²) in [5.74, 6) is 0. The Kier molecular flexibility index (Phi) is 5.39. The van der Waals surface area contributed by atoms with Gasteiger partial charge in [0, 0.05) is 35.3 Å². The molecule has 3 aliphatic heterocycles. The smallest absolute Gasteiger partial charge is 0.363 e. The third kappa shape index (κ3) is 3.24. The van der Waals surface area contributed by atoms with E-state index < -0.39 is 11.6 Å². The number of alkyl halides is 3. The standard InChI is InChI=1S/C21H17Cl2F3N2O.ClH/c22-15-4-14(5-16(23)6-15)19(21(24,25)26)7-18(28-9-19)12-1-2-17-13(3-12)8-29-20(17)10-27-11-20;/h1-6,27H,7-11H2;1H. The fourth-order valence-electron chi connectivity index (χ4n) is 4.47. The zero-order valence-electron chi connectivity index (χ0n) is 15.7. The van der Waals surface area contributed by atoms with Crippen LogP contribution < -0.4 is 5.32 Å². The molecule has 0 aromatic heterocycles. The molecule has 3 aliphatic rings. The number of ether oxygens (including phenoxy) is 1. The van der Waals surface area contributed by atoms with E-state index >= 15 is 0 Å². The summed E-state index contributed by atoms with van der Waals surface area (Å²) < 4.78 is 48.7. The van der Waals surface area contributed by atoms with Crippen LogP contribution in [-0.4, -0.2) is 31.5 Å². The molecule has 5 rings (SSSR count). The lowest BCUT2D eigenvalue weighted by molar-refractivity contribution is -0.183. The molecule has 0 saturated carbocycles. The lowest BCUT2D eigenvalue weighted by Crippen LogP contribution is -2.56. The first-order valence-corrected chi connectivity index (χ1v) is 10.0. The molecule has 2 aromatic carbocycles. The first-order valence-electron chi connectivity index (χ1n) is 9.28. The van der Waals surface area contributed by atoms with E-state index in [1.54, 1.807) is 0 Å². The van der Waals surface area contributed by atoms with E-state index in [9.17, 15) is 13.2 Å². The average Bonchev–Trinajstić information content (AvgIpc) is 3.23. The van der Waals surface area contributed by atoms with Crippen LogP contribution in [0.2, 0.25) is 10.0 Å². The number of halogens is 6. The minimum absolute atomic E-state index is 0. The van der Waals surface area contributed by atoms with E-state index in [-0.39, 0.29) is 46.6 Å². The zero-order chi connectivity index (χ0) is 20.4. The molecule has 1 saturated heterocycles. The maximum absolute atomic E-state index is 14.2. The number of rotatable bonds is 2. The van der Waals surface area contributed by atoms with E-state index in [0.717, 1.165) is 24.2 Å². The Morgan fingerprint density at radius 1 is 1.03 bits per heavy atom. The number of nitrogens with one attached hydrogen (secondary N) is 1. The van der Waals surface area contributed by atoms with Crippen molar-refractivity contribution in [1.82, 2.24) is 5.32 Å². The molecular weight excluding hydrogens is 460 g/mol. The summed E-state index contributed by atoms with van der Waals surface area (Å²) in [7, 11) is 0. The monoisotopic (exact) mass is 476 g/mol. The molecule has 160 valence electrons. The fraction of sp³-hybridized carbons (Fsp3) is 0.381. The van der Waals surface area contributed by atoms with Gasteiger partial charge in [-0.05, 0) is 46.5 Å². The predicted molar refractivity (Wildman–Crippen MR) is 113 cm³/mol. The van der Waals surface area contributed by atoms with Crippen LogP contribution in [0, 0.1) is 0 Å². The highest BCUT2D eigenvalue weighted by Crippen LogP contribution is 2.49. The Bertz CT molecular complexity index is 1020. The van der Waals surface area contributed by atoms with Crippen molar-refractivity contribution in [2.45, 2.75) is 30.2 Å². The molecule has 9 heteroatoms. The maximum atomic E-state index is 14.2. The number of aliphatic imine (C=N–C) groups is 1. The summed E-state index contributed by atoms with van der Waals surface area (Å²) in [5.41, 5.74) is 0.906. The van der Waals surface area contributed by atoms with Crippen molar-refractivity contribution >= 4 is 41.3 Å². The molecule has 1 N–H and O–H groups in total. The molecule has 0 aliphatic carbocycles. The van der Waals surface area contributed by atoms with E-state index in [1.807, 2.05) is 18.2 Å². The molecule has 30 heavy (non-hydrogen) atoms. The van der Waals surface area contributed by atoms with Crippen molar-refractivity contribution in [3.63, 3.8) is 0 Å². The van der Waals surface area contributed by atoms with Crippen LogP contribution in [0.4, 0.5) is 13.2 Å². The average molecular weight is 478 g/mol. The van der Waals surface area contributed by atoms with Gasteiger partial charge in [0.2, 0.25) is 0 Å². The highest BCUT2D eigenvalue weighted by Gasteiger charge is 2.58. The van der Waals surface area contributed by atoms with Crippen molar-refractivity contribution in [2.75, 3.05) is 19.6 Å². The highest BCUT2D eigenvalue weighted by molar-refractivity contribution is 6.34. The van der Waals surface area contributed by atoms with E-state index in [4.69, 9.17) is 27.9 Å². The van der Waals surface area contributed by atoms with Gasteiger partial charge in [-0.25, -0.2) is 0 Å². The third-order valence-corrected chi connectivity index (χ3v) is 6.66. The molecule has 1 spiro atoms. The SMILES string of the molecule is Cl.FC(F)(F)C1(c2cc(Cl)cc(Cl)c2)CN=C(c2ccc3c(c2)COC32CNC2)C1. The second-order valence-corrected chi connectivity index (χ2v) is 8.81. The molecule has 3 nitrogen and oxygen atoms in total. The lowest BCUT2D eigenvalue weighted by atomic mass is 9.76. The van der Waals surface area contributed by atoms with Crippen molar-refractivity contribution < 1.29 is 17.9 Å². The molecule has 1 fully saturated rings. The minimum atomic E-state index is -4.49. The molecule has 0 bridgehead atoms. The van der Waals surface area contributed by atoms with E-state index in [2.05, 4.69) is 10.3 Å². The summed E-state index contributed by atoms with van der Waals surface area (Å²) in [6.07, 6.45) is -4.74. The summed E-state index contributed by atoms with van der Waals surface area (Å²) in [6.45, 7) is 1.59. The molecule has 2 aromatic rings. The normalized spacial score (nSPS) is 24.2. The van der Waals surface area contributed by atoms with Crippen LogP contribution in [0.15, 0.2) is 41.4 Å². The first kappa shape index (κ1) is 21.9. The van der Waals surface area contributed by atoms with Gasteiger partial charge in [0.15, 0.2) is 0 Å². The molecular formula is C21H18Cl3F3N2O. The predicted octanol–water partition coefficient (Wildman–Crippen LogP) is 5.44. The molecule has 0 radical (unpaired) electrons. The molecule has 1 unspecified atom stereocenters. The van der Waals surface area contributed by atoms with Gasteiger partial charge in [-0.15, -0.1) is 12.4 Å². The third-order valence-electron chi connectivity index (χ3n) is 6.22. The quantitative estimate of drug-likeness (QED) is 0.625. The van der Waals surface area contributed by atoms with Crippen LogP contribution >= 0.6 is 35.6 Å².